The Morgan fingerprint density at radius 2 is 1.65 bits per heavy atom. The van der Waals surface area contributed by atoms with Gasteiger partial charge in [0.05, 0.1) is 13.7 Å². The number of nitrogens with zero attached hydrogens (tertiary/aromatic N) is 1. The maximum absolute atomic E-state index is 13.6. The van der Waals surface area contributed by atoms with Crippen LogP contribution in [0, 0.1) is 5.82 Å². The number of rotatable bonds is 5. The minimum absolute atomic E-state index is 0.0512. The van der Waals surface area contributed by atoms with Crippen LogP contribution >= 0.6 is 0 Å². The van der Waals surface area contributed by atoms with Crippen LogP contribution in [0.15, 0.2) is 35.1 Å². The Bertz CT molecular complexity index is 1100. The number of halogens is 1. The van der Waals surface area contributed by atoms with Crippen molar-refractivity contribution in [2.75, 3.05) is 7.11 Å². The van der Waals surface area contributed by atoms with Gasteiger partial charge in [0.15, 0.2) is 0 Å². The van der Waals surface area contributed by atoms with Gasteiger partial charge in [-0.15, -0.1) is 0 Å². The zero-order chi connectivity index (χ0) is 24.1. The Balaban J connectivity index is 1.75. The molecule has 1 saturated carbocycles. The molecule has 0 radical (unpaired) electrons. The van der Waals surface area contributed by atoms with Crippen molar-refractivity contribution in [3.8, 4) is 0 Å². The van der Waals surface area contributed by atoms with E-state index < -0.39 is 17.4 Å². The highest BCUT2D eigenvalue weighted by Gasteiger charge is 2.42. The molecule has 1 aromatic carbocycles. The van der Waals surface area contributed by atoms with Gasteiger partial charge in [0.1, 0.15) is 16.9 Å². The van der Waals surface area contributed by atoms with E-state index >= 15 is 0 Å². The standard InChI is InChI=1S/C27H33FN2O4/c1-34-26(33)27(15-7-4-8-16-27)29-24(31)22-17-20-9-5-2-3-6-10-23(20)30(25(22)32)18-19-11-13-21(28)14-12-19/h11-14,17H,2-10,15-16,18H2,1H3,(H,29,31). The predicted molar refractivity (Wildman–Crippen MR) is 127 cm³/mol. The molecule has 4 rings (SSSR count). The molecule has 0 saturated heterocycles. The Morgan fingerprint density at radius 3 is 2.32 bits per heavy atom. The summed E-state index contributed by atoms with van der Waals surface area (Å²) >= 11 is 0. The molecule has 0 bridgehead atoms. The summed E-state index contributed by atoms with van der Waals surface area (Å²) in [6, 6.07) is 7.82. The number of aryl methyl sites for hydroxylation is 1. The van der Waals surface area contributed by atoms with E-state index in [1.54, 1.807) is 22.8 Å². The van der Waals surface area contributed by atoms with Crippen LogP contribution in [0.4, 0.5) is 4.39 Å². The summed E-state index contributed by atoms with van der Waals surface area (Å²) in [4.78, 5) is 39.8. The molecule has 1 N–H and O–H groups in total. The van der Waals surface area contributed by atoms with Gasteiger partial charge in [-0.3, -0.25) is 9.59 Å². The molecule has 2 aliphatic carbocycles. The van der Waals surface area contributed by atoms with E-state index in [9.17, 15) is 18.8 Å². The monoisotopic (exact) mass is 468 g/mol. The molecule has 1 fully saturated rings. The van der Waals surface area contributed by atoms with Crippen LogP contribution < -0.4 is 10.9 Å². The van der Waals surface area contributed by atoms with E-state index in [1.807, 2.05) is 0 Å². The van der Waals surface area contributed by atoms with Gasteiger partial charge in [-0.25, -0.2) is 9.18 Å². The van der Waals surface area contributed by atoms with Crippen molar-refractivity contribution in [2.24, 2.45) is 0 Å². The molecule has 2 aliphatic rings. The van der Waals surface area contributed by atoms with Crippen LogP contribution in [0.5, 0.6) is 0 Å². The number of pyridine rings is 1. The van der Waals surface area contributed by atoms with E-state index in [4.69, 9.17) is 4.74 Å². The number of fused-ring (bicyclic) bond motifs is 1. The van der Waals surface area contributed by atoms with E-state index in [2.05, 4.69) is 5.32 Å². The van der Waals surface area contributed by atoms with Crippen molar-refractivity contribution in [1.82, 2.24) is 9.88 Å². The number of nitrogens with one attached hydrogen (secondary N) is 1. The molecule has 1 amide bonds. The molecule has 0 aliphatic heterocycles. The normalized spacial score (nSPS) is 17.7. The topological polar surface area (TPSA) is 77.4 Å². The van der Waals surface area contributed by atoms with Crippen molar-refractivity contribution in [2.45, 2.75) is 82.7 Å². The lowest BCUT2D eigenvalue weighted by atomic mass is 9.81. The summed E-state index contributed by atoms with van der Waals surface area (Å²) in [6.45, 7) is 0.269. The van der Waals surface area contributed by atoms with Crippen molar-refractivity contribution >= 4 is 11.9 Å². The van der Waals surface area contributed by atoms with Gasteiger partial charge in [-0.2, -0.15) is 0 Å². The Labute approximate surface area is 199 Å². The SMILES string of the molecule is COC(=O)C1(NC(=O)c2cc3c(n(Cc4ccc(F)cc4)c2=O)CCCCCC3)CCCCC1. The number of methoxy groups -OCH3 is 1. The minimum atomic E-state index is -1.09. The number of benzene rings is 1. The van der Waals surface area contributed by atoms with Crippen LogP contribution in [0.25, 0.3) is 0 Å². The number of aromatic nitrogens is 1. The lowest BCUT2D eigenvalue weighted by Gasteiger charge is -2.35. The fourth-order valence-corrected chi connectivity index (χ4v) is 5.35. The van der Waals surface area contributed by atoms with E-state index in [0.29, 0.717) is 12.8 Å². The number of ether oxygens (including phenoxy) is 1. The molecule has 6 nitrogen and oxygen atoms in total. The molecule has 2 aromatic rings. The van der Waals surface area contributed by atoms with Crippen molar-refractivity contribution < 1.29 is 18.7 Å². The number of hydrogen-bond acceptors (Lipinski definition) is 4. The third kappa shape index (κ3) is 5.08. The summed E-state index contributed by atoms with van der Waals surface area (Å²) in [5.74, 6) is -1.33. The van der Waals surface area contributed by atoms with Crippen LogP contribution in [-0.2, 0) is 28.9 Å². The minimum Gasteiger partial charge on any atom is -0.467 e. The van der Waals surface area contributed by atoms with Gasteiger partial charge in [0.25, 0.3) is 11.5 Å². The summed E-state index contributed by atoms with van der Waals surface area (Å²) in [6.07, 6.45) is 9.38. The first-order chi connectivity index (χ1) is 16.4. The second kappa shape index (κ2) is 10.5. The molecule has 0 unspecified atom stereocenters. The lowest BCUT2D eigenvalue weighted by molar-refractivity contribution is -0.149. The second-order valence-electron chi connectivity index (χ2n) is 9.55. The highest BCUT2D eigenvalue weighted by molar-refractivity contribution is 5.98. The van der Waals surface area contributed by atoms with Crippen LogP contribution in [0.2, 0.25) is 0 Å². The van der Waals surface area contributed by atoms with Gasteiger partial charge in [0.2, 0.25) is 0 Å². The average molecular weight is 469 g/mol. The van der Waals surface area contributed by atoms with Crippen LogP contribution in [0.3, 0.4) is 0 Å². The number of carbonyl (C=O) groups is 2. The van der Waals surface area contributed by atoms with Gasteiger partial charge in [0, 0.05) is 5.69 Å². The second-order valence-corrected chi connectivity index (χ2v) is 9.55. The van der Waals surface area contributed by atoms with Crippen LogP contribution in [0.1, 0.15) is 85.0 Å². The number of amides is 1. The van der Waals surface area contributed by atoms with Gasteiger partial charge in [-0.1, -0.05) is 44.2 Å². The first-order valence-corrected chi connectivity index (χ1v) is 12.3. The fraction of sp³-hybridized carbons (Fsp3) is 0.519. The van der Waals surface area contributed by atoms with Crippen molar-refractivity contribution in [3.05, 3.63) is 68.9 Å². The summed E-state index contributed by atoms with van der Waals surface area (Å²) in [5.41, 5.74) is 1.33. The van der Waals surface area contributed by atoms with E-state index in [1.165, 1.54) is 19.2 Å². The highest BCUT2D eigenvalue weighted by atomic mass is 19.1. The molecule has 0 spiro atoms. The molecular formula is C27H33FN2O4. The molecule has 0 atom stereocenters. The summed E-state index contributed by atoms with van der Waals surface area (Å²) in [7, 11) is 1.33. The van der Waals surface area contributed by atoms with Crippen molar-refractivity contribution in [1.29, 1.82) is 0 Å². The van der Waals surface area contributed by atoms with E-state index in [0.717, 1.165) is 74.6 Å². The van der Waals surface area contributed by atoms with Gasteiger partial charge in [-0.05, 0) is 67.9 Å². The number of hydrogen-bond donors (Lipinski definition) is 1. The molecule has 182 valence electrons. The molecule has 1 aromatic heterocycles. The van der Waals surface area contributed by atoms with E-state index in [-0.39, 0.29) is 23.5 Å². The fourth-order valence-electron chi connectivity index (χ4n) is 5.35. The maximum Gasteiger partial charge on any atom is 0.331 e. The smallest absolute Gasteiger partial charge is 0.331 e. The molecular weight excluding hydrogens is 435 g/mol. The van der Waals surface area contributed by atoms with Crippen molar-refractivity contribution in [3.63, 3.8) is 0 Å². The maximum atomic E-state index is 13.6. The predicted octanol–water partition coefficient (Wildman–Crippen LogP) is 4.30. The molecule has 34 heavy (non-hydrogen) atoms. The summed E-state index contributed by atoms with van der Waals surface area (Å²) in [5, 5.41) is 2.90. The van der Waals surface area contributed by atoms with Crippen LogP contribution in [-0.4, -0.2) is 29.1 Å². The Morgan fingerprint density at radius 1 is 1.00 bits per heavy atom. The zero-order valence-corrected chi connectivity index (χ0v) is 19.8. The quantitative estimate of drug-likeness (QED) is 0.664. The number of carbonyl (C=O) groups excluding carboxylic acids is 2. The Hall–Kier alpha value is -2.96. The first kappa shape index (κ1) is 24.2. The lowest BCUT2D eigenvalue weighted by Crippen LogP contribution is -2.57. The highest BCUT2D eigenvalue weighted by Crippen LogP contribution is 2.30. The number of esters is 1. The zero-order valence-electron chi connectivity index (χ0n) is 19.8. The third-order valence-corrected chi connectivity index (χ3v) is 7.23. The first-order valence-electron chi connectivity index (χ1n) is 12.3. The largest absolute Gasteiger partial charge is 0.467 e. The molecule has 1 heterocycles. The Kier molecular flexibility index (Phi) is 7.49. The third-order valence-electron chi connectivity index (χ3n) is 7.23. The van der Waals surface area contributed by atoms with Gasteiger partial charge < -0.3 is 14.6 Å². The summed E-state index contributed by atoms with van der Waals surface area (Å²) < 4.78 is 20.1. The average Bonchev–Trinajstić information content (AvgIpc) is 2.83. The molecule has 7 heteroatoms. The van der Waals surface area contributed by atoms with Gasteiger partial charge >= 0.3 is 5.97 Å².